The highest BCUT2D eigenvalue weighted by atomic mass is 32.1. The summed E-state index contributed by atoms with van der Waals surface area (Å²) in [6.07, 6.45) is 0. The number of benzene rings is 1. The van der Waals surface area contributed by atoms with Crippen molar-refractivity contribution in [3.8, 4) is 5.75 Å². The van der Waals surface area contributed by atoms with E-state index in [4.69, 9.17) is 17.0 Å². The van der Waals surface area contributed by atoms with Crippen molar-refractivity contribution in [2.24, 2.45) is 0 Å². The van der Waals surface area contributed by atoms with Gasteiger partial charge in [0.1, 0.15) is 5.75 Å². The zero-order valence-electron chi connectivity index (χ0n) is 14.7. The number of nitrogens with zero attached hydrogens (tertiary/aromatic N) is 1. The Labute approximate surface area is 149 Å². The van der Waals surface area contributed by atoms with Gasteiger partial charge < -0.3 is 20.3 Å². The Hall–Kier alpha value is -2.08. The minimum absolute atomic E-state index is 0.0105. The van der Waals surface area contributed by atoms with E-state index in [-0.39, 0.29) is 11.9 Å². The summed E-state index contributed by atoms with van der Waals surface area (Å²) in [5, 5.41) is 6.82. The number of amides is 1. The van der Waals surface area contributed by atoms with E-state index in [2.05, 4.69) is 10.6 Å². The Kier molecular flexibility index (Phi) is 6.20. The Morgan fingerprint density at radius 1 is 1.25 bits per heavy atom. The van der Waals surface area contributed by atoms with Crippen LogP contribution in [-0.2, 0) is 4.79 Å². The van der Waals surface area contributed by atoms with Crippen molar-refractivity contribution in [3.05, 3.63) is 41.1 Å². The lowest BCUT2D eigenvalue weighted by Gasteiger charge is -2.33. The fraction of sp³-hybridized carbons (Fsp3) is 0.444. The number of allylic oxidation sites excluding steroid dienone is 1. The summed E-state index contributed by atoms with van der Waals surface area (Å²) in [6, 6.07) is 7.44. The van der Waals surface area contributed by atoms with Crippen molar-refractivity contribution in [3.63, 3.8) is 0 Å². The van der Waals surface area contributed by atoms with E-state index in [9.17, 15) is 4.79 Å². The average molecular weight is 347 g/mol. The van der Waals surface area contributed by atoms with E-state index in [1.165, 1.54) is 0 Å². The lowest BCUT2D eigenvalue weighted by atomic mass is 9.93. The molecule has 0 saturated carbocycles. The third-order valence-electron chi connectivity index (χ3n) is 4.08. The second-order valence-corrected chi connectivity index (χ2v) is 5.93. The van der Waals surface area contributed by atoms with Crippen molar-refractivity contribution in [1.29, 1.82) is 0 Å². The van der Waals surface area contributed by atoms with Gasteiger partial charge in [-0.15, -0.1) is 0 Å². The molecule has 0 saturated heterocycles. The van der Waals surface area contributed by atoms with Gasteiger partial charge in [-0.3, -0.25) is 4.79 Å². The van der Waals surface area contributed by atoms with Gasteiger partial charge in [0.25, 0.3) is 5.91 Å². The van der Waals surface area contributed by atoms with Gasteiger partial charge in [-0.2, -0.15) is 0 Å². The first-order chi connectivity index (χ1) is 11.5. The number of carbonyl (C=O) groups is 1. The highest BCUT2D eigenvalue weighted by molar-refractivity contribution is 7.80. The summed E-state index contributed by atoms with van der Waals surface area (Å²) in [4.78, 5) is 14.8. The van der Waals surface area contributed by atoms with Gasteiger partial charge in [0.15, 0.2) is 5.11 Å². The van der Waals surface area contributed by atoms with Gasteiger partial charge >= 0.3 is 0 Å². The number of likely N-dealkylation sites (N-methyl/N-ethyl adjacent to an activating group) is 1. The maximum Gasteiger partial charge on any atom is 0.253 e. The van der Waals surface area contributed by atoms with E-state index in [1.54, 1.807) is 0 Å². The molecule has 1 aromatic rings. The molecule has 1 aromatic carbocycles. The molecule has 0 fully saturated rings. The van der Waals surface area contributed by atoms with E-state index in [0.29, 0.717) is 30.4 Å². The first-order valence-electron chi connectivity index (χ1n) is 8.32. The van der Waals surface area contributed by atoms with Crippen LogP contribution in [-0.4, -0.2) is 35.6 Å². The average Bonchev–Trinajstić information content (AvgIpc) is 2.56. The molecule has 24 heavy (non-hydrogen) atoms. The predicted octanol–water partition coefficient (Wildman–Crippen LogP) is 2.75. The van der Waals surface area contributed by atoms with Crippen LogP contribution in [0.3, 0.4) is 0 Å². The van der Waals surface area contributed by atoms with Crippen LogP contribution in [0, 0.1) is 0 Å². The molecule has 2 N–H and O–H groups in total. The molecular formula is C18H25N3O2S. The molecule has 0 aliphatic carbocycles. The Morgan fingerprint density at radius 3 is 2.54 bits per heavy atom. The zero-order chi connectivity index (χ0) is 17.7. The van der Waals surface area contributed by atoms with Crippen molar-refractivity contribution >= 4 is 23.2 Å². The largest absolute Gasteiger partial charge is 0.494 e. The van der Waals surface area contributed by atoms with Gasteiger partial charge in [-0.1, -0.05) is 18.2 Å². The van der Waals surface area contributed by atoms with Crippen LogP contribution >= 0.6 is 12.2 Å². The van der Waals surface area contributed by atoms with Crippen LogP contribution in [0.25, 0.3) is 0 Å². The molecule has 0 unspecified atom stereocenters. The minimum Gasteiger partial charge on any atom is -0.494 e. The maximum absolute atomic E-state index is 13.0. The van der Waals surface area contributed by atoms with Crippen LogP contribution in [0.4, 0.5) is 0 Å². The molecule has 0 radical (unpaired) electrons. The molecular weight excluding hydrogens is 322 g/mol. The summed E-state index contributed by atoms with van der Waals surface area (Å²) in [5.74, 6) is 0.774. The third kappa shape index (κ3) is 3.70. The molecule has 5 nitrogen and oxygen atoms in total. The molecule has 0 spiro atoms. The molecule has 130 valence electrons. The SMILES string of the molecule is CCOc1ccccc1[C@@H]1NC(=S)NC(C)=C1C(=O)N(CC)CC. The zero-order valence-corrected chi connectivity index (χ0v) is 15.5. The highest BCUT2D eigenvalue weighted by Crippen LogP contribution is 2.33. The van der Waals surface area contributed by atoms with Crippen molar-refractivity contribution < 1.29 is 9.53 Å². The summed E-state index contributed by atoms with van der Waals surface area (Å²) in [7, 11) is 0. The van der Waals surface area contributed by atoms with E-state index in [0.717, 1.165) is 17.0 Å². The van der Waals surface area contributed by atoms with Crippen molar-refractivity contribution in [2.45, 2.75) is 33.7 Å². The predicted molar refractivity (Wildman–Crippen MR) is 99.8 cm³/mol. The molecule has 2 rings (SSSR count). The second kappa shape index (κ2) is 8.15. The molecule has 1 aliphatic rings. The first-order valence-corrected chi connectivity index (χ1v) is 8.73. The van der Waals surface area contributed by atoms with Crippen LogP contribution in [0.15, 0.2) is 35.5 Å². The fourth-order valence-corrected chi connectivity index (χ4v) is 3.17. The number of para-hydroxylation sites is 1. The second-order valence-electron chi connectivity index (χ2n) is 5.52. The summed E-state index contributed by atoms with van der Waals surface area (Å²) in [6.45, 7) is 9.69. The van der Waals surface area contributed by atoms with Crippen LogP contribution in [0.1, 0.15) is 39.3 Å². The van der Waals surface area contributed by atoms with Crippen LogP contribution in [0.2, 0.25) is 0 Å². The lowest BCUT2D eigenvalue weighted by molar-refractivity contribution is -0.127. The number of thiocarbonyl (C=S) groups is 1. The van der Waals surface area contributed by atoms with Gasteiger partial charge in [-0.05, 0) is 46.0 Å². The third-order valence-corrected chi connectivity index (χ3v) is 4.30. The minimum atomic E-state index is -0.324. The van der Waals surface area contributed by atoms with Crippen LogP contribution in [0.5, 0.6) is 5.75 Å². The van der Waals surface area contributed by atoms with E-state index >= 15 is 0 Å². The normalized spacial score (nSPS) is 17.2. The molecule has 1 amide bonds. The van der Waals surface area contributed by atoms with Gasteiger partial charge in [0.2, 0.25) is 0 Å². The molecule has 0 bridgehead atoms. The van der Waals surface area contributed by atoms with Gasteiger partial charge in [-0.25, -0.2) is 0 Å². The summed E-state index contributed by atoms with van der Waals surface area (Å²) >= 11 is 5.31. The topological polar surface area (TPSA) is 53.6 Å². The number of ether oxygens (including phenoxy) is 1. The van der Waals surface area contributed by atoms with E-state index in [1.807, 2.05) is 56.9 Å². The highest BCUT2D eigenvalue weighted by Gasteiger charge is 2.33. The summed E-state index contributed by atoms with van der Waals surface area (Å²) in [5.41, 5.74) is 2.38. The van der Waals surface area contributed by atoms with Gasteiger partial charge in [0.05, 0.1) is 18.2 Å². The van der Waals surface area contributed by atoms with Gasteiger partial charge in [0, 0.05) is 24.4 Å². The molecule has 0 aromatic heterocycles. The molecule has 6 heteroatoms. The number of nitrogens with one attached hydrogen (secondary N) is 2. The maximum atomic E-state index is 13.0. The number of hydrogen-bond acceptors (Lipinski definition) is 3. The Morgan fingerprint density at radius 2 is 1.92 bits per heavy atom. The number of rotatable bonds is 6. The Balaban J connectivity index is 2.51. The standard InChI is InChI=1S/C18H25N3O2S/c1-5-21(6-2)17(22)15-12(4)19-18(24)20-16(15)13-10-8-9-11-14(13)23-7-3/h8-11,16H,5-7H2,1-4H3,(H2,19,20,24)/t16-/m0/s1. The molecule has 1 aliphatic heterocycles. The first kappa shape index (κ1) is 18.3. The fourth-order valence-electron chi connectivity index (χ4n) is 2.90. The van der Waals surface area contributed by atoms with Crippen LogP contribution < -0.4 is 15.4 Å². The summed E-state index contributed by atoms with van der Waals surface area (Å²) < 4.78 is 5.75. The van der Waals surface area contributed by atoms with Crippen molar-refractivity contribution in [1.82, 2.24) is 15.5 Å². The van der Waals surface area contributed by atoms with E-state index < -0.39 is 0 Å². The molecule has 1 heterocycles. The number of carbonyl (C=O) groups excluding carboxylic acids is 1. The monoisotopic (exact) mass is 347 g/mol. The quantitative estimate of drug-likeness (QED) is 0.775. The Bertz CT molecular complexity index is 653. The smallest absolute Gasteiger partial charge is 0.253 e. The lowest BCUT2D eigenvalue weighted by Crippen LogP contribution is -2.47. The molecule has 1 atom stereocenters. The van der Waals surface area contributed by atoms with Crippen molar-refractivity contribution in [2.75, 3.05) is 19.7 Å². The number of hydrogen-bond donors (Lipinski definition) is 2.